The monoisotopic (exact) mass is 305 g/mol. The van der Waals surface area contributed by atoms with E-state index in [4.69, 9.17) is 5.73 Å². The molecule has 0 aliphatic rings. The fraction of sp³-hybridized carbons (Fsp3) is 0.462. The minimum absolute atomic E-state index is 0.132. The second-order valence-corrected chi connectivity index (χ2v) is 4.60. The highest BCUT2D eigenvalue weighted by Crippen LogP contribution is 2.20. The van der Waals surface area contributed by atoms with Crippen molar-refractivity contribution in [2.75, 3.05) is 44.9 Å². The Morgan fingerprint density at radius 1 is 1.38 bits per heavy atom. The van der Waals surface area contributed by atoms with Crippen LogP contribution < -0.4 is 11.1 Å². The van der Waals surface area contributed by atoms with E-state index < -0.39 is 12.8 Å². The molecule has 0 heterocycles. The molecule has 0 spiro atoms. The number of halogens is 3. The van der Waals surface area contributed by atoms with Gasteiger partial charge in [0.15, 0.2) is 0 Å². The molecule has 0 aliphatic carbocycles. The molecule has 0 fully saturated rings. The highest BCUT2D eigenvalue weighted by atomic mass is 19.4. The lowest BCUT2D eigenvalue weighted by Gasteiger charge is -2.16. The van der Waals surface area contributed by atoms with Crippen molar-refractivity contribution in [1.29, 1.82) is 0 Å². The van der Waals surface area contributed by atoms with Gasteiger partial charge in [-0.05, 0) is 18.2 Å². The summed E-state index contributed by atoms with van der Waals surface area (Å²) in [4.78, 5) is 13.4. The van der Waals surface area contributed by atoms with E-state index in [0.717, 1.165) is 0 Å². The number of benzene rings is 1. The van der Waals surface area contributed by atoms with Gasteiger partial charge in [0.1, 0.15) is 6.61 Å². The van der Waals surface area contributed by atoms with E-state index in [0.29, 0.717) is 16.9 Å². The van der Waals surface area contributed by atoms with Crippen molar-refractivity contribution in [2.24, 2.45) is 0 Å². The Bertz CT molecular complexity index is 490. The number of alkyl halides is 3. The van der Waals surface area contributed by atoms with Crippen molar-refractivity contribution >= 4 is 17.3 Å². The van der Waals surface area contributed by atoms with Crippen LogP contribution in [-0.4, -0.2) is 50.8 Å². The summed E-state index contributed by atoms with van der Waals surface area (Å²) >= 11 is 0. The topological polar surface area (TPSA) is 67.6 Å². The molecular formula is C13H18F3N3O2. The lowest BCUT2D eigenvalue weighted by Crippen LogP contribution is -2.24. The van der Waals surface area contributed by atoms with Gasteiger partial charge in [0.05, 0.1) is 12.2 Å². The Labute approximate surface area is 120 Å². The van der Waals surface area contributed by atoms with E-state index in [1.54, 1.807) is 32.3 Å². The summed E-state index contributed by atoms with van der Waals surface area (Å²) in [6.45, 7) is -1.30. The van der Waals surface area contributed by atoms with Gasteiger partial charge in [0.25, 0.3) is 5.91 Å². The molecule has 8 heteroatoms. The molecule has 0 bridgehead atoms. The van der Waals surface area contributed by atoms with Gasteiger partial charge >= 0.3 is 6.18 Å². The number of carbonyl (C=O) groups excluding carboxylic acids is 1. The number of ether oxygens (including phenoxy) is 1. The molecule has 21 heavy (non-hydrogen) atoms. The predicted octanol–water partition coefficient (Wildman–Crippen LogP) is 1.96. The first-order valence-corrected chi connectivity index (χ1v) is 6.20. The van der Waals surface area contributed by atoms with Crippen LogP contribution in [0.1, 0.15) is 10.4 Å². The number of nitrogen functional groups attached to an aromatic ring is 1. The fourth-order valence-corrected chi connectivity index (χ4v) is 1.58. The molecule has 1 aromatic rings. The van der Waals surface area contributed by atoms with Crippen molar-refractivity contribution in [1.82, 2.24) is 4.90 Å². The summed E-state index contributed by atoms with van der Waals surface area (Å²) in [5.74, 6) is -0.228. The smallest absolute Gasteiger partial charge is 0.399 e. The minimum atomic E-state index is -4.34. The maximum Gasteiger partial charge on any atom is 0.411 e. The highest BCUT2D eigenvalue weighted by Gasteiger charge is 2.27. The summed E-state index contributed by atoms with van der Waals surface area (Å²) < 4.78 is 40.2. The molecule has 1 rings (SSSR count). The van der Waals surface area contributed by atoms with Crippen LogP contribution in [0.5, 0.6) is 0 Å². The Kier molecular flexibility index (Phi) is 5.83. The van der Waals surface area contributed by atoms with Gasteiger partial charge in [0.2, 0.25) is 0 Å². The molecule has 0 radical (unpaired) electrons. The molecule has 0 aliphatic heterocycles. The molecule has 118 valence electrons. The SMILES string of the molecule is CN(C)C(=O)c1ccc(N)cc1NCCOCC(F)(F)F. The molecule has 1 aromatic carbocycles. The first-order valence-electron chi connectivity index (χ1n) is 6.20. The van der Waals surface area contributed by atoms with Crippen LogP contribution in [0.3, 0.4) is 0 Å². The average Bonchev–Trinajstić information content (AvgIpc) is 2.36. The van der Waals surface area contributed by atoms with Crippen LogP contribution in [0.4, 0.5) is 24.5 Å². The second kappa shape index (κ2) is 7.16. The van der Waals surface area contributed by atoms with E-state index in [2.05, 4.69) is 10.1 Å². The second-order valence-electron chi connectivity index (χ2n) is 4.60. The van der Waals surface area contributed by atoms with Gasteiger partial charge in [-0.1, -0.05) is 0 Å². The lowest BCUT2D eigenvalue weighted by molar-refractivity contribution is -0.172. The number of carbonyl (C=O) groups is 1. The summed E-state index contributed by atoms with van der Waals surface area (Å²) in [5.41, 5.74) is 6.95. The van der Waals surface area contributed by atoms with Gasteiger partial charge in [-0.2, -0.15) is 13.2 Å². The van der Waals surface area contributed by atoms with E-state index in [1.807, 2.05) is 0 Å². The van der Waals surface area contributed by atoms with Gasteiger partial charge in [0, 0.05) is 32.0 Å². The van der Waals surface area contributed by atoms with Gasteiger partial charge < -0.3 is 20.7 Å². The standard InChI is InChI=1S/C13H18F3N3O2/c1-19(2)12(20)10-4-3-9(17)7-11(10)18-5-6-21-8-13(14,15)16/h3-4,7,18H,5-6,8,17H2,1-2H3. The van der Waals surface area contributed by atoms with Crippen molar-refractivity contribution in [3.8, 4) is 0 Å². The number of anilines is 2. The Balaban J connectivity index is 2.61. The zero-order valence-corrected chi connectivity index (χ0v) is 11.8. The van der Waals surface area contributed by atoms with Crippen LogP contribution >= 0.6 is 0 Å². The molecule has 0 unspecified atom stereocenters. The number of nitrogens with one attached hydrogen (secondary N) is 1. The van der Waals surface area contributed by atoms with Crippen LogP contribution in [-0.2, 0) is 4.74 Å². The third kappa shape index (κ3) is 5.90. The first-order chi connectivity index (χ1) is 9.70. The number of nitrogens with two attached hydrogens (primary N) is 1. The Morgan fingerprint density at radius 2 is 2.05 bits per heavy atom. The van der Waals surface area contributed by atoms with Gasteiger partial charge in [-0.15, -0.1) is 0 Å². The minimum Gasteiger partial charge on any atom is -0.399 e. The van der Waals surface area contributed by atoms with Crippen LogP contribution in [0.15, 0.2) is 18.2 Å². The molecule has 0 atom stereocenters. The number of rotatable bonds is 6. The summed E-state index contributed by atoms with van der Waals surface area (Å²) in [6.07, 6.45) is -4.34. The average molecular weight is 305 g/mol. The zero-order valence-electron chi connectivity index (χ0n) is 11.8. The van der Waals surface area contributed by atoms with E-state index in [-0.39, 0.29) is 19.1 Å². The zero-order chi connectivity index (χ0) is 16.0. The molecule has 5 nitrogen and oxygen atoms in total. The van der Waals surface area contributed by atoms with E-state index in [9.17, 15) is 18.0 Å². The maximum atomic E-state index is 12.0. The quantitative estimate of drug-likeness (QED) is 0.623. The number of hydrogen-bond donors (Lipinski definition) is 2. The Morgan fingerprint density at radius 3 is 2.62 bits per heavy atom. The molecule has 1 amide bonds. The third-order valence-corrected chi connectivity index (χ3v) is 2.51. The van der Waals surface area contributed by atoms with Gasteiger partial charge in [-0.25, -0.2) is 0 Å². The van der Waals surface area contributed by atoms with Crippen molar-refractivity contribution in [2.45, 2.75) is 6.18 Å². The molecule has 0 aromatic heterocycles. The Hall–Kier alpha value is -1.96. The number of amides is 1. The summed E-state index contributed by atoms with van der Waals surface area (Å²) in [5, 5.41) is 2.86. The van der Waals surface area contributed by atoms with Crippen molar-refractivity contribution in [3.63, 3.8) is 0 Å². The molecule has 0 saturated carbocycles. The maximum absolute atomic E-state index is 12.0. The highest BCUT2D eigenvalue weighted by molar-refractivity contribution is 5.99. The van der Waals surface area contributed by atoms with Gasteiger partial charge in [-0.3, -0.25) is 4.79 Å². The predicted molar refractivity (Wildman–Crippen MR) is 74.2 cm³/mol. The van der Waals surface area contributed by atoms with Crippen LogP contribution in [0.2, 0.25) is 0 Å². The van der Waals surface area contributed by atoms with Crippen LogP contribution in [0, 0.1) is 0 Å². The fourth-order valence-electron chi connectivity index (χ4n) is 1.58. The van der Waals surface area contributed by atoms with Crippen LogP contribution in [0.25, 0.3) is 0 Å². The first kappa shape index (κ1) is 17.1. The molecule has 0 saturated heterocycles. The lowest BCUT2D eigenvalue weighted by atomic mass is 10.1. The summed E-state index contributed by atoms with van der Waals surface area (Å²) in [7, 11) is 3.21. The third-order valence-electron chi connectivity index (χ3n) is 2.51. The molecular weight excluding hydrogens is 287 g/mol. The van der Waals surface area contributed by atoms with E-state index >= 15 is 0 Å². The number of hydrogen-bond acceptors (Lipinski definition) is 4. The van der Waals surface area contributed by atoms with Crippen molar-refractivity contribution in [3.05, 3.63) is 23.8 Å². The summed E-state index contributed by atoms with van der Waals surface area (Å²) in [6, 6.07) is 4.71. The number of nitrogens with zero attached hydrogens (tertiary/aromatic N) is 1. The largest absolute Gasteiger partial charge is 0.411 e. The van der Waals surface area contributed by atoms with Crippen molar-refractivity contribution < 1.29 is 22.7 Å². The van der Waals surface area contributed by atoms with E-state index in [1.165, 1.54) is 4.90 Å². The molecule has 3 N–H and O–H groups in total. The normalized spacial score (nSPS) is 11.3.